The van der Waals surface area contributed by atoms with Gasteiger partial charge in [0.2, 0.25) is 17.4 Å². The number of carbonyl (C=O) groups excluding carboxylic acids is 1. The summed E-state index contributed by atoms with van der Waals surface area (Å²) in [5.74, 6) is -5.65. The Morgan fingerprint density at radius 2 is 1.77 bits per heavy atom. The van der Waals surface area contributed by atoms with E-state index in [9.17, 15) is 30.3 Å². The van der Waals surface area contributed by atoms with E-state index in [1.54, 1.807) is 0 Å². The lowest BCUT2D eigenvalue weighted by Crippen LogP contribution is -2.38. The van der Waals surface area contributed by atoms with Crippen LogP contribution in [-0.4, -0.2) is 31.4 Å². The van der Waals surface area contributed by atoms with E-state index in [0.717, 1.165) is 19.1 Å². The van der Waals surface area contributed by atoms with Crippen molar-refractivity contribution in [3.05, 3.63) is 47.5 Å². The zero-order valence-corrected chi connectivity index (χ0v) is 13.4. The van der Waals surface area contributed by atoms with Gasteiger partial charge < -0.3 is 30.3 Å². The maximum absolute atomic E-state index is 11.2. The molecule has 1 aliphatic heterocycles. The van der Waals surface area contributed by atoms with Gasteiger partial charge in [-0.15, -0.1) is 0 Å². The van der Waals surface area contributed by atoms with Gasteiger partial charge in [0, 0.05) is 24.6 Å². The van der Waals surface area contributed by atoms with Gasteiger partial charge in [-0.05, 0) is 24.3 Å². The number of phenolic OH excluding ortho intramolecular Hbond substituents is 4. The van der Waals surface area contributed by atoms with Crippen molar-refractivity contribution in [1.82, 2.24) is 5.48 Å². The molecule has 1 atom stereocenters. The number of fused-ring (bicyclic) bond motifs is 1. The van der Waals surface area contributed by atoms with Crippen LogP contribution in [-0.2, 0) is 15.4 Å². The second kappa shape index (κ2) is 6.14. The molecule has 1 aliphatic rings. The molecule has 9 heteroatoms. The lowest BCUT2D eigenvalue weighted by Gasteiger charge is -2.32. The van der Waals surface area contributed by atoms with E-state index >= 15 is 0 Å². The number of aromatic hydroxyl groups is 4. The second-order valence-corrected chi connectivity index (χ2v) is 5.58. The van der Waals surface area contributed by atoms with Crippen LogP contribution in [0.25, 0.3) is 5.76 Å². The monoisotopic (exact) mass is 361 g/mol. The van der Waals surface area contributed by atoms with Gasteiger partial charge in [0.05, 0.1) is 0 Å². The molecule has 3 rings (SSSR count). The number of nitrogens with one attached hydrogen (secondary N) is 1. The number of benzene rings is 2. The van der Waals surface area contributed by atoms with E-state index in [4.69, 9.17) is 9.57 Å². The largest absolute Gasteiger partial charge is 0.508 e. The predicted octanol–water partition coefficient (Wildman–Crippen LogP) is 1.16. The molecule has 0 fully saturated rings. The molecule has 0 saturated carbocycles. The lowest BCUT2D eigenvalue weighted by molar-refractivity contribution is -0.218. The molecular weight excluding hydrogens is 346 g/mol. The predicted molar refractivity (Wildman–Crippen MR) is 86.9 cm³/mol. The van der Waals surface area contributed by atoms with E-state index in [1.165, 1.54) is 24.3 Å². The Hall–Kier alpha value is -3.43. The molecule has 2 aromatic rings. The Morgan fingerprint density at radius 3 is 2.38 bits per heavy atom. The topological polar surface area (TPSA) is 149 Å². The summed E-state index contributed by atoms with van der Waals surface area (Å²) in [6, 6.07) is 6.72. The van der Waals surface area contributed by atoms with Crippen LogP contribution >= 0.6 is 0 Å². The highest BCUT2D eigenvalue weighted by molar-refractivity contribution is 5.73. The fourth-order valence-corrected chi connectivity index (χ4v) is 2.44. The van der Waals surface area contributed by atoms with Crippen LogP contribution in [0.15, 0.2) is 36.4 Å². The van der Waals surface area contributed by atoms with Crippen molar-refractivity contribution < 1.29 is 39.9 Å². The van der Waals surface area contributed by atoms with E-state index < -0.39 is 34.5 Å². The number of amides is 1. The van der Waals surface area contributed by atoms with Crippen molar-refractivity contribution in [1.29, 1.82) is 0 Å². The normalized spacial score (nSPS) is 18.5. The summed E-state index contributed by atoms with van der Waals surface area (Å²) in [5, 5.41) is 49.8. The van der Waals surface area contributed by atoms with Crippen LogP contribution in [0.3, 0.4) is 0 Å². The first kappa shape index (κ1) is 17.4. The summed E-state index contributed by atoms with van der Waals surface area (Å²) < 4.78 is 5.57. The zero-order chi connectivity index (χ0) is 19.1. The number of hydrogen-bond donors (Lipinski definition) is 6. The number of hydroxylamine groups is 1. The third kappa shape index (κ3) is 2.96. The molecule has 0 bridgehead atoms. The summed E-state index contributed by atoms with van der Waals surface area (Å²) in [5.41, 5.74) is 1.96. The Balaban J connectivity index is 2.16. The van der Waals surface area contributed by atoms with Crippen molar-refractivity contribution in [2.45, 2.75) is 12.7 Å². The fraction of sp³-hybridized carbons (Fsp3) is 0.118. The van der Waals surface area contributed by atoms with Crippen LogP contribution in [0.2, 0.25) is 0 Å². The third-order valence-corrected chi connectivity index (χ3v) is 3.62. The minimum atomic E-state index is -2.41. The Labute approximate surface area is 146 Å². The number of rotatable bonds is 3. The molecule has 1 amide bonds. The molecule has 0 aromatic heterocycles. The van der Waals surface area contributed by atoms with Gasteiger partial charge in [0.15, 0.2) is 11.5 Å². The Bertz CT molecular complexity index is 906. The van der Waals surface area contributed by atoms with Crippen LogP contribution in [0, 0.1) is 0 Å². The minimum absolute atomic E-state index is 0.00975. The van der Waals surface area contributed by atoms with Gasteiger partial charge in [-0.3, -0.25) is 4.79 Å². The maximum Gasteiger partial charge on any atom is 0.248 e. The zero-order valence-electron chi connectivity index (χ0n) is 13.4. The lowest BCUT2D eigenvalue weighted by atomic mass is 9.97. The van der Waals surface area contributed by atoms with Gasteiger partial charge in [0.1, 0.15) is 22.8 Å². The smallest absolute Gasteiger partial charge is 0.248 e. The first-order chi connectivity index (χ1) is 12.2. The van der Waals surface area contributed by atoms with Crippen LogP contribution in [0.5, 0.6) is 28.7 Å². The van der Waals surface area contributed by atoms with Crippen molar-refractivity contribution in [2.75, 3.05) is 0 Å². The highest BCUT2D eigenvalue weighted by Gasteiger charge is 2.42. The SMILES string of the molecule is CC(=O)NOC1(O)C=C(c2ccc(O)cc2)Oc2cc(O)c(O)c(O)c21. The summed E-state index contributed by atoms with van der Waals surface area (Å²) >= 11 is 0. The number of ether oxygens (including phenoxy) is 1. The van der Waals surface area contributed by atoms with Crippen LogP contribution in [0.1, 0.15) is 18.1 Å². The molecule has 0 aliphatic carbocycles. The highest BCUT2D eigenvalue weighted by Crippen LogP contribution is 2.51. The molecule has 0 radical (unpaired) electrons. The van der Waals surface area contributed by atoms with Gasteiger partial charge in [-0.1, -0.05) is 0 Å². The first-order valence-corrected chi connectivity index (χ1v) is 7.36. The van der Waals surface area contributed by atoms with Gasteiger partial charge in [-0.2, -0.15) is 0 Å². The third-order valence-electron chi connectivity index (χ3n) is 3.62. The summed E-state index contributed by atoms with van der Waals surface area (Å²) in [6.07, 6.45) is 1.05. The minimum Gasteiger partial charge on any atom is -0.508 e. The number of phenols is 4. The van der Waals surface area contributed by atoms with Gasteiger partial charge in [-0.25, -0.2) is 10.3 Å². The molecule has 0 spiro atoms. The standard InChI is InChI=1S/C17H15NO8/c1-8(19)18-26-17(24)7-13(9-2-4-10(20)5-3-9)25-12-6-11(21)15(22)16(23)14(12)17/h2-7,20-24H,1H3,(H,18,19). The molecular formula is C17H15NO8. The average molecular weight is 361 g/mol. The van der Waals surface area contributed by atoms with Gasteiger partial charge >= 0.3 is 0 Å². The van der Waals surface area contributed by atoms with E-state index in [2.05, 4.69) is 0 Å². The average Bonchev–Trinajstić information content (AvgIpc) is 2.58. The van der Waals surface area contributed by atoms with Crippen molar-refractivity contribution in [3.8, 4) is 28.7 Å². The Kier molecular flexibility index (Phi) is 4.10. The number of hydrogen-bond acceptors (Lipinski definition) is 8. The molecule has 136 valence electrons. The Morgan fingerprint density at radius 1 is 1.12 bits per heavy atom. The molecule has 9 nitrogen and oxygen atoms in total. The first-order valence-electron chi connectivity index (χ1n) is 7.36. The molecule has 1 unspecified atom stereocenters. The van der Waals surface area contributed by atoms with E-state index in [-0.39, 0.29) is 17.3 Å². The fourth-order valence-electron chi connectivity index (χ4n) is 2.44. The second-order valence-electron chi connectivity index (χ2n) is 5.58. The number of carbonyl (C=O) groups is 1. The number of aliphatic hydroxyl groups is 1. The summed E-state index contributed by atoms with van der Waals surface area (Å²) in [6.45, 7) is 1.14. The molecule has 2 aromatic carbocycles. The van der Waals surface area contributed by atoms with Gasteiger partial charge in [0.25, 0.3) is 0 Å². The van der Waals surface area contributed by atoms with Crippen LogP contribution < -0.4 is 10.2 Å². The van der Waals surface area contributed by atoms with E-state index in [1.807, 2.05) is 5.48 Å². The molecule has 1 heterocycles. The summed E-state index contributed by atoms with van der Waals surface area (Å²) in [7, 11) is 0. The highest BCUT2D eigenvalue weighted by atomic mass is 16.7. The molecule has 6 N–H and O–H groups in total. The molecule has 26 heavy (non-hydrogen) atoms. The van der Waals surface area contributed by atoms with Crippen LogP contribution in [0.4, 0.5) is 0 Å². The summed E-state index contributed by atoms with van der Waals surface area (Å²) in [4.78, 5) is 16.2. The quantitative estimate of drug-likeness (QED) is 0.271. The van der Waals surface area contributed by atoms with E-state index in [0.29, 0.717) is 5.56 Å². The van der Waals surface area contributed by atoms with Crippen molar-refractivity contribution >= 4 is 11.7 Å². The van der Waals surface area contributed by atoms with Crippen molar-refractivity contribution in [2.24, 2.45) is 0 Å². The van der Waals surface area contributed by atoms with Crippen molar-refractivity contribution in [3.63, 3.8) is 0 Å². The molecule has 0 saturated heterocycles. The maximum atomic E-state index is 11.2.